The van der Waals surface area contributed by atoms with Crippen molar-refractivity contribution in [3.8, 4) is 0 Å². The number of carbonyl (C=O) groups excluding carboxylic acids is 6. The quantitative estimate of drug-likeness (QED) is 0.0933. The molecule has 280 valence electrons. The number of hydroxylamine groups is 1. The number of amides is 6. The lowest BCUT2D eigenvalue weighted by Crippen LogP contribution is -2.54. The lowest BCUT2D eigenvalue weighted by atomic mass is 10.0. The van der Waals surface area contributed by atoms with Crippen LogP contribution in [0.3, 0.4) is 0 Å². The predicted molar refractivity (Wildman–Crippen MR) is 193 cm³/mol. The first-order valence-corrected chi connectivity index (χ1v) is 18.4. The normalized spacial score (nSPS) is 18.7. The van der Waals surface area contributed by atoms with Gasteiger partial charge in [-0.3, -0.25) is 39.0 Å². The van der Waals surface area contributed by atoms with E-state index in [2.05, 4.69) is 26.3 Å². The fourth-order valence-corrected chi connectivity index (χ4v) is 6.61. The van der Waals surface area contributed by atoms with E-state index in [9.17, 15) is 28.8 Å². The zero-order valence-electron chi connectivity index (χ0n) is 29.9. The molecule has 14 heteroatoms. The van der Waals surface area contributed by atoms with E-state index in [4.69, 9.17) is 9.57 Å². The summed E-state index contributed by atoms with van der Waals surface area (Å²) in [4.78, 5) is 83.1. The van der Waals surface area contributed by atoms with Crippen LogP contribution in [0.25, 0.3) is 0 Å². The average molecular weight is 719 g/mol. The van der Waals surface area contributed by atoms with Gasteiger partial charge in [-0.1, -0.05) is 31.0 Å². The zero-order chi connectivity index (χ0) is 36.9. The molecule has 3 aliphatic heterocycles. The van der Waals surface area contributed by atoms with Crippen molar-refractivity contribution in [2.75, 3.05) is 37.4 Å². The monoisotopic (exact) mass is 718 g/mol. The lowest BCUT2D eigenvalue weighted by molar-refractivity contribution is -0.200. The second kappa shape index (κ2) is 19.3. The lowest BCUT2D eigenvalue weighted by Gasteiger charge is -2.27. The molecule has 4 N–H and O–H groups in total. The number of nitrogens with zero attached hydrogens (tertiary/aromatic N) is 2. The molecule has 2 saturated heterocycles. The highest BCUT2D eigenvalue weighted by molar-refractivity contribution is 6.25. The predicted octanol–water partition coefficient (Wildman–Crippen LogP) is 4.27. The van der Waals surface area contributed by atoms with Gasteiger partial charge >= 0.3 is 0 Å². The van der Waals surface area contributed by atoms with Gasteiger partial charge in [-0.2, -0.15) is 0 Å². The van der Waals surface area contributed by atoms with Gasteiger partial charge < -0.3 is 20.3 Å². The summed E-state index contributed by atoms with van der Waals surface area (Å²) in [5.74, 6) is -2.25. The fourth-order valence-electron chi connectivity index (χ4n) is 6.61. The van der Waals surface area contributed by atoms with Crippen molar-refractivity contribution >= 4 is 46.8 Å². The maximum atomic E-state index is 13.3. The summed E-state index contributed by atoms with van der Waals surface area (Å²) < 4.78 is 5.43. The number of anilines is 2. The number of benzene rings is 2. The van der Waals surface area contributed by atoms with Gasteiger partial charge in [0.1, 0.15) is 6.04 Å². The number of piperidine rings is 1. The molecule has 5 rings (SSSR count). The van der Waals surface area contributed by atoms with E-state index in [1.54, 1.807) is 18.2 Å². The number of carbonyl (C=O) groups is 6. The first-order chi connectivity index (χ1) is 25.2. The molecule has 0 aromatic heterocycles. The molecule has 0 aliphatic carbocycles. The van der Waals surface area contributed by atoms with Crippen molar-refractivity contribution in [2.24, 2.45) is 0 Å². The minimum Gasteiger partial charge on any atom is -0.384 e. The van der Waals surface area contributed by atoms with Gasteiger partial charge in [-0.05, 0) is 88.4 Å². The highest BCUT2D eigenvalue weighted by atomic mass is 16.8. The molecule has 0 spiro atoms. The van der Waals surface area contributed by atoms with E-state index >= 15 is 0 Å². The third kappa shape index (κ3) is 10.9. The minimum atomic E-state index is -0.994. The Kier molecular flexibility index (Phi) is 14.3. The second-order valence-corrected chi connectivity index (χ2v) is 13.6. The average Bonchev–Trinajstić information content (AvgIpc) is 3.39. The van der Waals surface area contributed by atoms with Gasteiger partial charge in [0, 0.05) is 56.8 Å². The van der Waals surface area contributed by atoms with Gasteiger partial charge in [0.15, 0.2) is 6.29 Å². The van der Waals surface area contributed by atoms with Gasteiger partial charge in [0.25, 0.3) is 11.8 Å². The number of imide groups is 2. The standard InChI is InChI=1S/C38H50N6O8/c1-43(23-8-7-22-39-29-12-10-11-28-35(29)38(50)44(37(28)49)30-20-21-32(46)41-36(30)48)25-26-16-18-27(19-17-26)40-31(45)13-4-2-3-5-14-33(47)42-52-34-15-6-9-24-51-34/h10-12,16-19,30,34,39H,2-9,13-15,20-25H2,1H3,(H,40,45)(H,42,47)(H,41,46,48). The first kappa shape index (κ1) is 38.6. The minimum absolute atomic E-state index is 0.0276. The summed E-state index contributed by atoms with van der Waals surface area (Å²) in [7, 11) is 2.05. The smallest absolute Gasteiger partial charge is 0.264 e. The summed E-state index contributed by atoms with van der Waals surface area (Å²) in [5, 5.41) is 8.47. The Balaban J connectivity index is 0.927. The third-order valence-electron chi connectivity index (χ3n) is 9.44. The Labute approximate surface area is 304 Å². The van der Waals surface area contributed by atoms with Crippen molar-refractivity contribution in [2.45, 2.75) is 102 Å². The molecule has 0 bridgehead atoms. The second-order valence-electron chi connectivity index (χ2n) is 13.6. The van der Waals surface area contributed by atoms with E-state index < -0.39 is 29.7 Å². The molecule has 2 aromatic rings. The molecule has 0 saturated carbocycles. The van der Waals surface area contributed by atoms with E-state index in [1.807, 2.05) is 31.3 Å². The molecule has 6 amide bonds. The number of hydrogen-bond acceptors (Lipinski definition) is 10. The Morgan fingerprint density at radius 1 is 0.904 bits per heavy atom. The summed E-state index contributed by atoms with van der Waals surface area (Å²) in [5.41, 5.74) is 5.44. The number of hydrogen-bond donors (Lipinski definition) is 4. The molecule has 52 heavy (non-hydrogen) atoms. The van der Waals surface area contributed by atoms with E-state index in [0.717, 1.165) is 87.0 Å². The van der Waals surface area contributed by atoms with Crippen LogP contribution in [0.1, 0.15) is 110 Å². The van der Waals surface area contributed by atoms with E-state index in [-0.39, 0.29) is 42.1 Å². The van der Waals surface area contributed by atoms with Crippen molar-refractivity contribution < 1.29 is 38.3 Å². The van der Waals surface area contributed by atoms with Crippen LogP contribution in [0.4, 0.5) is 11.4 Å². The number of fused-ring (bicyclic) bond motifs is 1. The summed E-state index contributed by atoms with van der Waals surface area (Å²) in [6.07, 6.45) is 8.48. The largest absolute Gasteiger partial charge is 0.384 e. The summed E-state index contributed by atoms with van der Waals surface area (Å²) in [6, 6.07) is 11.9. The van der Waals surface area contributed by atoms with Crippen molar-refractivity contribution in [1.82, 2.24) is 20.6 Å². The number of ether oxygens (including phenoxy) is 1. The van der Waals surface area contributed by atoms with Crippen LogP contribution < -0.4 is 21.4 Å². The summed E-state index contributed by atoms with van der Waals surface area (Å²) in [6.45, 7) is 2.86. The Morgan fingerprint density at radius 3 is 2.40 bits per heavy atom. The number of unbranched alkanes of at least 4 members (excludes halogenated alkanes) is 4. The number of nitrogens with one attached hydrogen (secondary N) is 4. The molecule has 2 unspecified atom stereocenters. The maximum Gasteiger partial charge on any atom is 0.264 e. The topological polar surface area (TPSA) is 175 Å². The van der Waals surface area contributed by atoms with E-state index in [1.165, 1.54) is 0 Å². The molecule has 3 heterocycles. The van der Waals surface area contributed by atoms with Gasteiger partial charge in [0.05, 0.1) is 11.1 Å². The van der Waals surface area contributed by atoms with Crippen LogP contribution in [-0.2, 0) is 35.3 Å². The van der Waals surface area contributed by atoms with Crippen LogP contribution in [0.15, 0.2) is 42.5 Å². The molecular formula is C38H50N6O8. The summed E-state index contributed by atoms with van der Waals surface area (Å²) >= 11 is 0. The highest BCUT2D eigenvalue weighted by Gasteiger charge is 2.45. The number of rotatable bonds is 19. The first-order valence-electron chi connectivity index (χ1n) is 18.4. The van der Waals surface area contributed by atoms with Crippen molar-refractivity contribution in [1.29, 1.82) is 0 Å². The van der Waals surface area contributed by atoms with E-state index in [0.29, 0.717) is 31.7 Å². The van der Waals surface area contributed by atoms with Crippen LogP contribution in [-0.4, -0.2) is 84.3 Å². The van der Waals surface area contributed by atoms with Crippen molar-refractivity contribution in [3.05, 3.63) is 59.2 Å². The molecule has 2 aromatic carbocycles. The Morgan fingerprint density at radius 2 is 1.67 bits per heavy atom. The van der Waals surface area contributed by atoms with Crippen molar-refractivity contribution in [3.63, 3.8) is 0 Å². The highest BCUT2D eigenvalue weighted by Crippen LogP contribution is 2.32. The SMILES string of the molecule is CN(CCCCNc1cccc2c1C(=O)N(C1CCC(=O)NC1=O)C2=O)Cc1ccc(NC(=O)CCCCCCC(=O)NOC2CCCCO2)cc1. The molecule has 2 fully saturated rings. The Bertz CT molecular complexity index is 1590. The Hall–Kier alpha value is -4.66. The third-order valence-corrected chi connectivity index (χ3v) is 9.44. The van der Waals surface area contributed by atoms with Crippen LogP contribution in [0, 0.1) is 0 Å². The van der Waals surface area contributed by atoms with Gasteiger partial charge in [-0.25, -0.2) is 10.3 Å². The van der Waals surface area contributed by atoms with Crippen LogP contribution >= 0.6 is 0 Å². The van der Waals surface area contributed by atoms with Crippen LogP contribution in [0.5, 0.6) is 0 Å². The van der Waals surface area contributed by atoms with Gasteiger partial charge in [-0.15, -0.1) is 0 Å². The maximum absolute atomic E-state index is 13.3. The van der Waals surface area contributed by atoms with Gasteiger partial charge in [0.2, 0.25) is 23.6 Å². The zero-order valence-corrected chi connectivity index (χ0v) is 29.9. The molecular weight excluding hydrogens is 668 g/mol. The molecule has 3 aliphatic rings. The fraction of sp³-hybridized carbons (Fsp3) is 0.526. The van der Waals surface area contributed by atoms with Crippen LogP contribution in [0.2, 0.25) is 0 Å². The molecule has 2 atom stereocenters. The molecule has 14 nitrogen and oxygen atoms in total. The molecule has 0 radical (unpaired) electrons.